The Labute approximate surface area is 160 Å². The number of benzene rings is 2. The summed E-state index contributed by atoms with van der Waals surface area (Å²) in [7, 11) is 0. The molecule has 4 rings (SSSR count). The van der Waals surface area contributed by atoms with Crippen LogP contribution in [0.2, 0.25) is 0 Å². The summed E-state index contributed by atoms with van der Waals surface area (Å²) < 4.78 is 0.996. The van der Waals surface area contributed by atoms with E-state index in [0.29, 0.717) is 6.42 Å². The summed E-state index contributed by atoms with van der Waals surface area (Å²) in [6.45, 7) is 0.775. The predicted molar refractivity (Wildman–Crippen MR) is 105 cm³/mol. The second kappa shape index (κ2) is 7.17. The highest BCUT2D eigenvalue weighted by Crippen LogP contribution is 2.38. The van der Waals surface area contributed by atoms with E-state index in [0.717, 1.165) is 39.3 Å². The highest BCUT2D eigenvalue weighted by molar-refractivity contribution is 9.10. The van der Waals surface area contributed by atoms with Crippen molar-refractivity contribution in [1.29, 1.82) is 0 Å². The molecule has 3 aromatic rings. The first-order valence-corrected chi connectivity index (χ1v) is 9.51. The topological polar surface area (TPSA) is 53.4 Å². The van der Waals surface area contributed by atoms with E-state index in [1.807, 2.05) is 30.5 Å². The maximum Gasteiger partial charge on any atom is 0.320 e. The Kier molecular flexibility index (Phi) is 4.74. The van der Waals surface area contributed by atoms with Crippen molar-refractivity contribution < 1.29 is 9.90 Å². The van der Waals surface area contributed by atoms with Crippen molar-refractivity contribution in [3.05, 3.63) is 76.5 Å². The van der Waals surface area contributed by atoms with Crippen molar-refractivity contribution in [2.75, 3.05) is 6.54 Å². The maximum absolute atomic E-state index is 11.8. The van der Waals surface area contributed by atoms with Crippen LogP contribution in [0.15, 0.2) is 65.4 Å². The number of rotatable bonds is 4. The number of fused-ring (bicyclic) bond motifs is 1. The molecule has 2 heterocycles. The molecule has 5 heteroatoms. The smallest absolute Gasteiger partial charge is 0.320 e. The minimum atomic E-state index is -0.746. The van der Waals surface area contributed by atoms with E-state index in [2.05, 4.69) is 50.1 Å². The summed E-state index contributed by atoms with van der Waals surface area (Å²) in [5.41, 5.74) is 2.19. The van der Waals surface area contributed by atoms with Gasteiger partial charge in [-0.15, -0.1) is 0 Å². The van der Waals surface area contributed by atoms with Gasteiger partial charge in [0.1, 0.15) is 6.04 Å². The second-order valence-electron chi connectivity index (χ2n) is 6.64. The largest absolute Gasteiger partial charge is 0.480 e. The fourth-order valence-corrected chi connectivity index (χ4v) is 4.38. The van der Waals surface area contributed by atoms with Crippen LogP contribution in [0.5, 0.6) is 0 Å². The SMILES string of the molecule is O=C(O)C1CCCN1C(c1ccc2cnccc2c1)c1ccccc1Br. The molecule has 1 aromatic heterocycles. The molecule has 26 heavy (non-hydrogen) atoms. The summed E-state index contributed by atoms with van der Waals surface area (Å²) in [4.78, 5) is 18.1. The van der Waals surface area contributed by atoms with E-state index in [9.17, 15) is 9.90 Å². The molecule has 132 valence electrons. The van der Waals surface area contributed by atoms with Crippen LogP contribution in [0.1, 0.15) is 30.0 Å². The number of carboxylic acid groups (broad SMARTS) is 1. The van der Waals surface area contributed by atoms with Gasteiger partial charge < -0.3 is 5.11 Å². The first-order chi connectivity index (χ1) is 12.6. The van der Waals surface area contributed by atoms with Gasteiger partial charge in [-0.05, 0) is 47.6 Å². The quantitative estimate of drug-likeness (QED) is 0.680. The van der Waals surface area contributed by atoms with Gasteiger partial charge >= 0.3 is 5.97 Å². The van der Waals surface area contributed by atoms with Gasteiger partial charge in [-0.25, -0.2) is 0 Å². The second-order valence-corrected chi connectivity index (χ2v) is 7.49. The zero-order valence-electron chi connectivity index (χ0n) is 14.2. The van der Waals surface area contributed by atoms with Gasteiger partial charge in [0.2, 0.25) is 0 Å². The lowest BCUT2D eigenvalue weighted by Crippen LogP contribution is -2.39. The summed E-state index contributed by atoms with van der Waals surface area (Å²) in [6, 6.07) is 15.8. The molecule has 0 amide bonds. The summed E-state index contributed by atoms with van der Waals surface area (Å²) in [5.74, 6) is -0.746. The van der Waals surface area contributed by atoms with Crippen LogP contribution in [0.3, 0.4) is 0 Å². The third kappa shape index (κ3) is 3.13. The number of carbonyl (C=O) groups is 1. The van der Waals surface area contributed by atoms with Crippen LogP contribution in [-0.2, 0) is 4.79 Å². The zero-order chi connectivity index (χ0) is 18.1. The number of halogens is 1. The van der Waals surface area contributed by atoms with E-state index >= 15 is 0 Å². The number of aromatic nitrogens is 1. The number of aliphatic carboxylic acids is 1. The number of carboxylic acids is 1. The molecule has 0 spiro atoms. The molecule has 1 aliphatic heterocycles. The minimum Gasteiger partial charge on any atom is -0.480 e. The van der Waals surface area contributed by atoms with Crippen molar-refractivity contribution in [3.63, 3.8) is 0 Å². The molecular formula is C21H19BrN2O2. The summed E-state index contributed by atoms with van der Waals surface area (Å²) in [6.07, 6.45) is 5.22. The number of likely N-dealkylation sites (tertiary alicyclic amines) is 1. The Morgan fingerprint density at radius 2 is 2.04 bits per heavy atom. The van der Waals surface area contributed by atoms with Gasteiger partial charge in [-0.3, -0.25) is 14.7 Å². The third-order valence-corrected chi connectivity index (χ3v) is 5.81. The standard InChI is InChI=1S/C21H19BrN2O2/c22-18-5-2-1-4-17(18)20(24-11-3-6-19(24)21(25)26)15-7-8-16-13-23-10-9-14(16)12-15/h1-2,4-5,7-10,12-13,19-20H,3,6,11H2,(H,25,26). The van der Waals surface area contributed by atoms with Crippen molar-refractivity contribution in [1.82, 2.24) is 9.88 Å². The average Bonchev–Trinajstić information content (AvgIpc) is 3.13. The maximum atomic E-state index is 11.8. The van der Waals surface area contributed by atoms with E-state index in [1.165, 1.54) is 0 Å². The van der Waals surface area contributed by atoms with E-state index in [1.54, 1.807) is 6.20 Å². The van der Waals surface area contributed by atoms with Gasteiger partial charge in [0.15, 0.2) is 0 Å². The Morgan fingerprint density at radius 3 is 2.85 bits per heavy atom. The van der Waals surface area contributed by atoms with Gasteiger partial charge in [0.25, 0.3) is 0 Å². The first-order valence-electron chi connectivity index (χ1n) is 8.72. The van der Waals surface area contributed by atoms with Crippen molar-refractivity contribution in [3.8, 4) is 0 Å². The lowest BCUT2D eigenvalue weighted by molar-refractivity contribution is -0.142. The van der Waals surface area contributed by atoms with E-state index in [-0.39, 0.29) is 6.04 Å². The number of hydrogen-bond donors (Lipinski definition) is 1. The van der Waals surface area contributed by atoms with Crippen LogP contribution in [0.25, 0.3) is 10.8 Å². The molecule has 1 aliphatic rings. The molecule has 1 saturated heterocycles. The molecule has 0 aliphatic carbocycles. The van der Waals surface area contributed by atoms with E-state index < -0.39 is 12.0 Å². The van der Waals surface area contributed by atoms with Crippen LogP contribution in [0, 0.1) is 0 Å². The van der Waals surface area contributed by atoms with Crippen molar-refractivity contribution >= 4 is 32.7 Å². The highest BCUT2D eigenvalue weighted by atomic mass is 79.9. The number of nitrogens with zero attached hydrogens (tertiary/aromatic N) is 2. The van der Waals surface area contributed by atoms with Crippen LogP contribution < -0.4 is 0 Å². The average molecular weight is 411 g/mol. The van der Waals surface area contributed by atoms with Crippen LogP contribution in [-0.4, -0.2) is 33.5 Å². The fourth-order valence-electron chi connectivity index (χ4n) is 3.88. The molecule has 2 unspecified atom stereocenters. The lowest BCUT2D eigenvalue weighted by Gasteiger charge is -2.32. The highest BCUT2D eigenvalue weighted by Gasteiger charge is 2.37. The van der Waals surface area contributed by atoms with Gasteiger partial charge in [0, 0.05) is 28.8 Å². The van der Waals surface area contributed by atoms with Gasteiger partial charge in [-0.2, -0.15) is 0 Å². The Bertz CT molecular complexity index is 959. The molecular weight excluding hydrogens is 392 g/mol. The molecule has 0 radical (unpaired) electrons. The summed E-state index contributed by atoms with van der Waals surface area (Å²) in [5, 5.41) is 11.9. The van der Waals surface area contributed by atoms with Crippen molar-refractivity contribution in [2.45, 2.75) is 24.9 Å². The Hall–Kier alpha value is -2.24. The molecule has 1 N–H and O–H groups in total. The number of pyridine rings is 1. The van der Waals surface area contributed by atoms with Gasteiger partial charge in [0.05, 0.1) is 6.04 Å². The van der Waals surface area contributed by atoms with Gasteiger partial charge in [-0.1, -0.05) is 46.3 Å². The molecule has 2 aromatic carbocycles. The third-order valence-electron chi connectivity index (χ3n) is 5.09. The van der Waals surface area contributed by atoms with Crippen molar-refractivity contribution in [2.24, 2.45) is 0 Å². The minimum absolute atomic E-state index is 0.105. The lowest BCUT2D eigenvalue weighted by atomic mass is 9.94. The Morgan fingerprint density at radius 1 is 1.19 bits per heavy atom. The molecule has 0 saturated carbocycles. The molecule has 4 nitrogen and oxygen atoms in total. The van der Waals surface area contributed by atoms with Crippen LogP contribution >= 0.6 is 15.9 Å². The van der Waals surface area contributed by atoms with E-state index in [4.69, 9.17) is 0 Å². The summed E-state index contributed by atoms with van der Waals surface area (Å²) >= 11 is 3.66. The number of hydrogen-bond acceptors (Lipinski definition) is 3. The monoisotopic (exact) mass is 410 g/mol. The predicted octanol–water partition coefficient (Wildman–Crippen LogP) is 4.64. The fraction of sp³-hybridized carbons (Fsp3) is 0.238. The normalized spacial score (nSPS) is 18.9. The van der Waals surface area contributed by atoms with Crippen LogP contribution in [0.4, 0.5) is 0 Å². The zero-order valence-corrected chi connectivity index (χ0v) is 15.8. The molecule has 1 fully saturated rings. The molecule has 2 atom stereocenters. The molecule has 0 bridgehead atoms. The first kappa shape index (κ1) is 17.2. The Balaban J connectivity index is 1.87.